The number of rotatable bonds is 2. The molecule has 0 radical (unpaired) electrons. The standard InChI is InChI=1S/C29H31N5O2/c1-3-4-5-11-28(35)31-25-17-23-18-26(19-25)32-29-30-13-12-27(33-29)24-10-8-9-22(16-24)21-36-15-7-6-14-34(2)20-23/h6-10,12-13,16-19H,3-4,14-15,20-21H2,1-2H3,(H,31,35)(H,30,32,33)/b7-6+. The van der Waals surface area contributed by atoms with Gasteiger partial charge in [-0.05, 0) is 60.8 Å². The number of hydrogen-bond donors (Lipinski definition) is 2. The van der Waals surface area contributed by atoms with Crippen molar-refractivity contribution in [2.75, 3.05) is 30.8 Å². The smallest absolute Gasteiger partial charge is 0.300 e. The van der Waals surface area contributed by atoms with Crippen molar-refractivity contribution in [1.29, 1.82) is 0 Å². The van der Waals surface area contributed by atoms with Crippen molar-refractivity contribution in [3.8, 4) is 23.1 Å². The predicted molar refractivity (Wildman–Crippen MR) is 144 cm³/mol. The van der Waals surface area contributed by atoms with E-state index in [1.165, 1.54) is 0 Å². The summed E-state index contributed by atoms with van der Waals surface area (Å²) in [6, 6.07) is 15.9. The van der Waals surface area contributed by atoms with Crippen LogP contribution in [-0.2, 0) is 22.7 Å². The molecule has 0 saturated carbocycles. The molecule has 2 heterocycles. The van der Waals surface area contributed by atoms with Gasteiger partial charge in [0.2, 0.25) is 5.95 Å². The van der Waals surface area contributed by atoms with Crippen LogP contribution in [0.3, 0.4) is 0 Å². The molecule has 2 N–H and O–H groups in total. The van der Waals surface area contributed by atoms with Crippen LogP contribution < -0.4 is 10.6 Å². The molecule has 36 heavy (non-hydrogen) atoms. The van der Waals surface area contributed by atoms with Crippen molar-refractivity contribution < 1.29 is 9.53 Å². The Kier molecular flexibility index (Phi) is 8.82. The number of likely N-dealkylation sites (N-methyl/N-ethyl adjacent to an activating group) is 1. The number of anilines is 3. The summed E-state index contributed by atoms with van der Waals surface area (Å²) < 4.78 is 5.83. The Morgan fingerprint density at radius 3 is 2.97 bits per heavy atom. The largest absolute Gasteiger partial charge is 0.373 e. The lowest BCUT2D eigenvalue weighted by atomic mass is 10.1. The van der Waals surface area contributed by atoms with E-state index in [1.54, 1.807) is 6.20 Å². The number of ether oxygens (including phenoxy) is 1. The molecule has 1 aliphatic rings. The van der Waals surface area contributed by atoms with Gasteiger partial charge < -0.3 is 15.4 Å². The van der Waals surface area contributed by atoms with Gasteiger partial charge in [-0.1, -0.05) is 43.2 Å². The molecule has 0 atom stereocenters. The number of carbonyl (C=O) groups is 1. The molecule has 1 amide bonds. The van der Waals surface area contributed by atoms with E-state index < -0.39 is 0 Å². The minimum atomic E-state index is -0.324. The van der Waals surface area contributed by atoms with E-state index in [-0.39, 0.29) is 5.91 Å². The van der Waals surface area contributed by atoms with Gasteiger partial charge in [0.1, 0.15) is 0 Å². The number of benzene rings is 2. The Bertz CT molecular complexity index is 1290. The fraction of sp³-hybridized carbons (Fsp3) is 0.276. The molecule has 6 bridgehead atoms. The van der Waals surface area contributed by atoms with Crippen LogP contribution in [0.1, 0.15) is 30.9 Å². The average molecular weight is 482 g/mol. The Labute approximate surface area is 212 Å². The fourth-order valence-corrected chi connectivity index (χ4v) is 3.83. The Morgan fingerprint density at radius 2 is 2.08 bits per heavy atom. The number of aromatic nitrogens is 2. The topological polar surface area (TPSA) is 79.4 Å². The molecule has 0 fully saturated rings. The molecule has 4 rings (SSSR count). The van der Waals surface area contributed by atoms with E-state index in [9.17, 15) is 4.79 Å². The summed E-state index contributed by atoms with van der Waals surface area (Å²) in [4.78, 5) is 23.7. The zero-order valence-electron chi connectivity index (χ0n) is 20.8. The van der Waals surface area contributed by atoms with E-state index >= 15 is 0 Å². The molecule has 7 nitrogen and oxygen atoms in total. The highest BCUT2D eigenvalue weighted by molar-refractivity contribution is 6.04. The maximum atomic E-state index is 12.3. The highest BCUT2D eigenvalue weighted by Gasteiger charge is 2.09. The summed E-state index contributed by atoms with van der Waals surface area (Å²) in [6.07, 6.45) is 7.49. The second-order valence-electron chi connectivity index (χ2n) is 8.70. The first kappa shape index (κ1) is 25.1. The van der Waals surface area contributed by atoms with Gasteiger partial charge >= 0.3 is 0 Å². The van der Waals surface area contributed by atoms with Gasteiger partial charge in [0.25, 0.3) is 5.91 Å². The molecule has 2 aromatic carbocycles. The van der Waals surface area contributed by atoms with Crippen LogP contribution in [-0.4, -0.2) is 41.0 Å². The number of unbranched alkanes of at least 4 members (excludes halogenated alkanes) is 1. The number of amides is 1. The normalized spacial score (nSPS) is 14.8. The zero-order chi connectivity index (χ0) is 25.2. The van der Waals surface area contributed by atoms with Gasteiger partial charge in [-0.15, -0.1) is 0 Å². The number of nitrogens with zero attached hydrogens (tertiary/aromatic N) is 3. The summed E-state index contributed by atoms with van der Waals surface area (Å²) in [5, 5.41) is 6.21. The third-order valence-electron chi connectivity index (χ3n) is 5.48. The van der Waals surface area contributed by atoms with Gasteiger partial charge in [0, 0.05) is 42.6 Å². The first-order valence-electron chi connectivity index (χ1n) is 12.1. The molecular formula is C29H31N5O2. The molecule has 1 aromatic heterocycles. The number of carbonyl (C=O) groups excluding carboxylic acids is 1. The summed E-state index contributed by atoms with van der Waals surface area (Å²) in [5.74, 6) is 5.70. The molecule has 1 aliphatic heterocycles. The van der Waals surface area contributed by atoms with Crippen LogP contribution in [0.25, 0.3) is 11.3 Å². The van der Waals surface area contributed by atoms with Crippen molar-refractivity contribution in [2.45, 2.75) is 32.9 Å². The van der Waals surface area contributed by atoms with Gasteiger partial charge in [-0.2, -0.15) is 0 Å². The third-order valence-corrected chi connectivity index (χ3v) is 5.48. The highest BCUT2D eigenvalue weighted by atomic mass is 16.5. The van der Waals surface area contributed by atoms with Crippen LogP contribution in [0.15, 0.2) is 66.9 Å². The molecule has 184 valence electrons. The minimum absolute atomic E-state index is 0.324. The Morgan fingerprint density at radius 1 is 1.17 bits per heavy atom. The molecule has 7 heteroatoms. The van der Waals surface area contributed by atoms with E-state index in [1.807, 2.05) is 55.5 Å². The summed E-state index contributed by atoms with van der Waals surface area (Å²) in [7, 11) is 2.05. The highest BCUT2D eigenvalue weighted by Crippen LogP contribution is 2.25. The summed E-state index contributed by atoms with van der Waals surface area (Å²) in [6.45, 7) is 4.57. The summed E-state index contributed by atoms with van der Waals surface area (Å²) in [5.41, 5.74) is 5.38. The first-order valence-corrected chi connectivity index (χ1v) is 12.1. The zero-order valence-corrected chi connectivity index (χ0v) is 20.8. The lowest BCUT2D eigenvalue weighted by molar-refractivity contribution is -0.111. The average Bonchev–Trinajstić information content (AvgIpc) is 2.86. The predicted octanol–water partition coefficient (Wildman–Crippen LogP) is 5.15. The molecule has 0 saturated heterocycles. The second-order valence-corrected chi connectivity index (χ2v) is 8.70. The number of nitrogens with one attached hydrogen (secondary N) is 2. The van der Waals surface area contributed by atoms with Crippen LogP contribution in [0.2, 0.25) is 0 Å². The van der Waals surface area contributed by atoms with E-state index in [0.29, 0.717) is 37.8 Å². The monoisotopic (exact) mass is 481 g/mol. The van der Waals surface area contributed by atoms with Crippen molar-refractivity contribution in [2.24, 2.45) is 0 Å². The molecule has 0 aliphatic carbocycles. The Balaban J connectivity index is 1.67. The lowest BCUT2D eigenvalue weighted by Crippen LogP contribution is -2.18. The molecule has 0 unspecified atom stereocenters. The molecule has 3 aromatic rings. The third kappa shape index (κ3) is 7.51. The van der Waals surface area contributed by atoms with Crippen molar-refractivity contribution in [3.05, 3.63) is 78.0 Å². The van der Waals surface area contributed by atoms with Crippen molar-refractivity contribution in [1.82, 2.24) is 14.9 Å². The molecular weight excluding hydrogens is 450 g/mol. The van der Waals surface area contributed by atoms with Gasteiger partial charge in [-0.25, -0.2) is 9.97 Å². The van der Waals surface area contributed by atoms with Crippen LogP contribution in [0, 0.1) is 11.8 Å². The van der Waals surface area contributed by atoms with Crippen molar-refractivity contribution >= 4 is 23.2 Å². The second kappa shape index (κ2) is 12.6. The number of fused-ring (bicyclic) bond motifs is 7. The van der Waals surface area contributed by atoms with Gasteiger partial charge in [-0.3, -0.25) is 9.69 Å². The molecule has 0 spiro atoms. The first-order chi connectivity index (χ1) is 17.6. The lowest BCUT2D eigenvalue weighted by Gasteiger charge is -2.17. The maximum absolute atomic E-state index is 12.3. The van der Waals surface area contributed by atoms with E-state index in [2.05, 4.69) is 51.5 Å². The van der Waals surface area contributed by atoms with Crippen LogP contribution in [0.4, 0.5) is 17.3 Å². The van der Waals surface area contributed by atoms with E-state index in [0.717, 1.165) is 41.0 Å². The van der Waals surface area contributed by atoms with Crippen molar-refractivity contribution in [3.63, 3.8) is 0 Å². The number of hydrogen-bond acceptors (Lipinski definition) is 6. The minimum Gasteiger partial charge on any atom is -0.373 e. The van der Waals surface area contributed by atoms with Gasteiger partial charge in [0.05, 0.1) is 18.9 Å². The summed E-state index contributed by atoms with van der Waals surface area (Å²) >= 11 is 0. The van der Waals surface area contributed by atoms with Crippen LogP contribution >= 0.6 is 0 Å². The van der Waals surface area contributed by atoms with E-state index in [4.69, 9.17) is 9.72 Å². The van der Waals surface area contributed by atoms with Crippen LogP contribution in [0.5, 0.6) is 0 Å². The SMILES string of the molecule is CCCC#CC(=O)Nc1cc2cc(c1)Nc1nccc(n1)-c1cccc(c1)COC/C=C/CN(C)C2. The van der Waals surface area contributed by atoms with Gasteiger partial charge in [0.15, 0.2) is 0 Å². The maximum Gasteiger partial charge on any atom is 0.300 e. The Hall–Kier alpha value is -3.99. The fourth-order valence-electron chi connectivity index (χ4n) is 3.83. The quantitative estimate of drug-likeness (QED) is 0.389.